The molecule has 0 saturated carbocycles. The Morgan fingerprint density at radius 1 is 0.366 bits per heavy atom. The predicted octanol–water partition coefficient (Wildman–Crippen LogP) is 13.8. The predicted molar refractivity (Wildman–Crippen MR) is 311 cm³/mol. The van der Waals surface area contributed by atoms with Crippen LogP contribution in [0.5, 0.6) is 0 Å². The smallest absolute Gasteiger partial charge is 0.0834 e. The molecule has 0 aliphatic heterocycles. The van der Waals surface area contributed by atoms with Crippen LogP contribution in [0.25, 0.3) is 27.4 Å². The van der Waals surface area contributed by atoms with Crippen LogP contribution in [-0.4, -0.2) is 13.4 Å². The first-order valence-corrected chi connectivity index (χ1v) is 26.4. The zero-order valence-corrected chi connectivity index (χ0v) is 45.8. The maximum Gasteiger partial charge on any atom is 0.243 e. The molecular formula is C69H72B2. The van der Waals surface area contributed by atoms with E-state index < -0.39 is 0 Å². The standard InChI is InChI=1S/C69H72B2/c1-38-26-42(5)63(43(6)27-38)70(64-44(7)28-39(2)29-45(64)8)59-36-58-62(51-23-19-18-22-50(51)59)53-34-56-57(35-55(53)67(58,13)14)69(17)54-25-21-20-24-52(54)60(37-61(69)68(56,15)16)71(65-46(9)30-40(3)31-47(65)10)66-48(11)32-41(4)33-49(66)12/h18-37,61H,1-17H3. The van der Waals surface area contributed by atoms with Gasteiger partial charge in [0.1, 0.15) is 0 Å². The van der Waals surface area contributed by atoms with Gasteiger partial charge in [-0.25, -0.2) is 0 Å². The average Bonchev–Trinajstić information content (AvgIpc) is 3.61. The molecule has 354 valence electrons. The van der Waals surface area contributed by atoms with Crippen molar-refractivity contribution in [2.24, 2.45) is 5.92 Å². The molecule has 3 aliphatic rings. The first-order chi connectivity index (χ1) is 33.5. The van der Waals surface area contributed by atoms with Crippen molar-refractivity contribution in [1.29, 1.82) is 0 Å². The van der Waals surface area contributed by atoms with Crippen molar-refractivity contribution in [2.45, 2.75) is 134 Å². The van der Waals surface area contributed by atoms with Crippen LogP contribution >= 0.6 is 0 Å². The molecule has 71 heavy (non-hydrogen) atoms. The van der Waals surface area contributed by atoms with Crippen LogP contribution in [0.15, 0.2) is 121 Å². The molecule has 2 unspecified atom stereocenters. The molecule has 0 heterocycles. The lowest BCUT2D eigenvalue weighted by atomic mass is 9.31. The minimum absolute atomic E-state index is 0.0815. The lowest BCUT2D eigenvalue weighted by molar-refractivity contribution is 0.316. The van der Waals surface area contributed by atoms with Gasteiger partial charge in [-0.15, -0.1) is 0 Å². The normalized spacial score (nSPS) is 17.9. The van der Waals surface area contributed by atoms with Crippen molar-refractivity contribution in [1.82, 2.24) is 0 Å². The molecule has 11 rings (SSSR count). The van der Waals surface area contributed by atoms with Crippen molar-refractivity contribution < 1.29 is 0 Å². The monoisotopic (exact) mass is 923 g/mol. The fourth-order valence-corrected chi connectivity index (χ4v) is 15.8. The summed E-state index contributed by atoms with van der Waals surface area (Å²) in [4.78, 5) is 0. The van der Waals surface area contributed by atoms with Crippen LogP contribution in [0.3, 0.4) is 0 Å². The van der Waals surface area contributed by atoms with Gasteiger partial charge >= 0.3 is 0 Å². The Morgan fingerprint density at radius 2 is 0.789 bits per heavy atom. The molecule has 2 heteroatoms. The first-order valence-electron chi connectivity index (χ1n) is 26.4. The minimum Gasteiger partial charge on any atom is -0.0834 e. The summed E-state index contributed by atoms with van der Waals surface area (Å²) in [5.41, 5.74) is 35.8. The third-order valence-electron chi connectivity index (χ3n) is 18.4. The SMILES string of the molecule is Cc1cc(C)c(B(C2=CC3C(C)(C)c4cc5c(cc4C3(C)c3ccccc32)C(C)(C)c2cc(B(c3c(C)cc(C)cc3C)c3c(C)cc(C)cc3C)c3ccccc3c2-5)c2c(C)cc(C)cc2C)c(C)c1. The number of fused-ring (bicyclic) bond motifs is 10. The molecule has 0 nitrogen and oxygen atoms in total. The average molecular weight is 923 g/mol. The summed E-state index contributed by atoms with van der Waals surface area (Å²) in [5.74, 6) is 0.237. The highest BCUT2D eigenvalue weighted by Gasteiger charge is 2.57. The summed E-state index contributed by atoms with van der Waals surface area (Å²) in [6, 6.07) is 46.2. The van der Waals surface area contributed by atoms with Gasteiger partial charge in [-0.1, -0.05) is 249 Å². The Morgan fingerprint density at radius 3 is 1.27 bits per heavy atom. The Kier molecular flexibility index (Phi) is 10.8. The molecule has 0 aromatic heterocycles. The maximum atomic E-state index is 2.78. The van der Waals surface area contributed by atoms with E-state index in [0.717, 1.165) is 0 Å². The summed E-state index contributed by atoms with van der Waals surface area (Å²) < 4.78 is 0. The van der Waals surface area contributed by atoms with Crippen molar-refractivity contribution in [2.75, 3.05) is 0 Å². The van der Waals surface area contributed by atoms with E-state index in [-0.39, 0.29) is 35.6 Å². The van der Waals surface area contributed by atoms with Crippen molar-refractivity contribution in [3.63, 3.8) is 0 Å². The molecule has 0 spiro atoms. The molecule has 8 aromatic carbocycles. The second-order valence-electron chi connectivity index (χ2n) is 24.2. The molecule has 3 aliphatic carbocycles. The zero-order chi connectivity index (χ0) is 50.5. The number of aryl methyl sites for hydroxylation is 12. The van der Waals surface area contributed by atoms with Crippen LogP contribution in [0.4, 0.5) is 0 Å². The maximum absolute atomic E-state index is 2.78. The van der Waals surface area contributed by atoms with E-state index in [0.29, 0.717) is 0 Å². The Bertz CT molecular complexity index is 3440. The summed E-state index contributed by atoms with van der Waals surface area (Å²) >= 11 is 0. The first kappa shape index (κ1) is 47.2. The van der Waals surface area contributed by atoms with Gasteiger partial charge in [0.15, 0.2) is 0 Å². The van der Waals surface area contributed by atoms with Gasteiger partial charge < -0.3 is 0 Å². The van der Waals surface area contributed by atoms with Gasteiger partial charge in [0.2, 0.25) is 13.4 Å². The van der Waals surface area contributed by atoms with Crippen LogP contribution < -0.4 is 27.3 Å². The zero-order valence-electron chi connectivity index (χ0n) is 45.8. The number of hydrogen-bond donors (Lipinski definition) is 0. The van der Waals surface area contributed by atoms with E-state index in [2.05, 4.69) is 239 Å². The quantitative estimate of drug-likeness (QED) is 0.146. The molecule has 0 amide bonds. The molecule has 0 N–H and O–H groups in total. The van der Waals surface area contributed by atoms with Gasteiger partial charge in [-0.2, -0.15) is 0 Å². The Balaban J connectivity index is 1.16. The second kappa shape index (κ2) is 16.2. The lowest BCUT2D eigenvalue weighted by Crippen LogP contribution is -2.56. The van der Waals surface area contributed by atoms with E-state index >= 15 is 0 Å². The highest BCUT2D eigenvalue weighted by atomic mass is 14.6. The highest BCUT2D eigenvalue weighted by Crippen LogP contribution is 2.64. The Labute approximate surface area is 427 Å². The van der Waals surface area contributed by atoms with E-state index in [9.17, 15) is 0 Å². The summed E-state index contributed by atoms with van der Waals surface area (Å²) in [5, 5.41) is 2.72. The van der Waals surface area contributed by atoms with Crippen LogP contribution in [-0.2, 0) is 16.2 Å². The lowest BCUT2D eigenvalue weighted by Gasteiger charge is -2.44. The van der Waals surface area contributed by atoms with Gasteiger partial charge in [0.25, 0.3) is 0 Å². The molecule has 0 saturated heterocycles. The van der Waals surface area contributed by atoms with E-state index in [4.69, 9.17) is 0 Å². The number of hydrogen-bond acceptors (Lipinski definition) is 0. The minimum atomic E-state index is -0.239. The third-order valence-corrected chi connectivity index (χ3v) is 18.4. The van der Waals surface area contributed by atoms with Gasteiger partial charge in [-0.3, -0.25) is 0 Å². The van der Waals surface area contributed by atoms with E-state index in [1.807, 2.05) is 0 Å². The van der Waals surface area contributed by atoms with Crippen molar-refractivity contribution >= 4 is 57.0 Å². The van der Waals surface area contributed by atoms with Gasteiger partial charge in [0, 0.05) is 10.8 Å². The van der Waals surface area contributed by atoms with Crippen LogP contribution in [0.2, 0.25) is 0 Å². The largest absolute Gasteiger partial charge is 0.243 e. The molecule has 0 bridgehead atoms. The molecule has 0 fully saturated rings. The van der Waals surface area contributed by atoms with Gasteiger partial charge in [0.05, 0.1) is 0 Å². The number of benzene rings is 8. The van der Waals surface area contributed by atoms with Crippen molar-refractivity contribution in [3.8, 4) is 11.1 Å². The molecule has 0 radical (unpaired) electrons. The fourth-order valence-electron chi connectivity index (χ4n) is 15.8. The summed E-state index contributed by atoms with van der Waals surface area (Å²) in [6.07, 6.45) is 2.78. The van der Waals surface area contributed by atoms with E-state index in [1.165, 1.54) is 155 Å². The third kappa shape index (κ3) is 6.79. The number of rotatable bonds is 6. The number of allylic oxidation sites excluding steroid dienone is 1. The highest BCUT2D eigenvalue weighted by molar-refractivity contribution is 7.00. The summed E-state index contributed by atoms with van der Waals surface area (Å²) in [7, 11) is 0. The summed E-state index contributed by atoms with van der Waals surface area (Å²) in [6.45, 7) is 40.6. The van der Waals surface area contributed by atoms with Gasteiger partial charge in [-0.05, 0) is 156 Å². The fraction of sp³-hybridized carbons (Fsp3) is 0.304. The topological polar surface area (TPSA) is 0 Å². The molecular weight excluding hydrogens is 850 g/mol. The van der Waals surface area contributed by atoms with Crippen LogP contribution in [0.1, 0.15) is 135 Å². The molecule has 8 aromatic rings. The molecule has 2 atom stereocenters. The Hall–Kier alpha value is -6.11. The van der Waals surface area contributed by atoms with E-state index in [1.54, 1.807) is 0 Å². The second-order valence-corrected chi connectivity index (χ2v) is 24.2. The van der Waals surface area contributed by atoms with Crippen LogP contribution in [0, 0.1) is 89.0 Å². The van der Waals surface area contributed by atoms with Crippen molar-refractivity contribution in [3.05, 3.63) is 221 Å².